The lowest BCUT2D eigenvalue weighted by Gasteiger charge is -2.26. The molecule has 0 spiro atoms. The molecule has 1 amide bonds. The van der Waals surface area contributed by atoms with Gasteiger partial charge in [-0.2, -0.15) is 0 Å². The number of thiazole rings is 1. The average molecular weight is 474 g/mol. The highest BCUT2D eigenvalue weighted by Crippen LogP contribution is 2.27. The maximum atomic E-state index is 14.1. The monoisotopic (exact) mass is 473 g/mol. The van der Waals surface area contributed by atoms with Gasteiger partial charge in [0.25, 0.3) is 5.91 Å². The molecule has 0 bridgehead atoms. The van der Waals surface area contributed by atoms with Gasteiger partial charge in [0.2, 0.25) is 0 Å². The SMILES string of the molecule is CC(C)(O)[C@H](F)CNC(=O)c1cnc(Nc2ccc3ncsc3c2)cc1NC1CCCOC1. The Balaban J connectivity index is 1.54. The van der Waals surface area contributed by atoms with Crippen LogP contribution in [0.4, 0.5) is 21.6 Å². The first-order chi connectivity index (χ1) is 15.8. The molecule has 8 nitrogen and oxygen atoms in total. The van der Waals surface area contributed by atoms with Gasteiger partial charge in [0.1, 0.15) is 12.0 Å². The summed E-state index contributed by atoms with van der Waals surface area (Å²) in [5.74, 6) is 0.0979. The van der Waals surface area contributed by atoms with Gasteiger partial charge in [-0.1, -0.05) is 0 Å². The fourth-order valence-corrected chi connectivity index (χ4v) is 4.22. The highest BCUT2D eigenvalue weighted by atomic mass is 32.1. The van der Waals surface area contributed by atoms with Crippen LogP contribution < -0.4 is 16.0 Å². The van der Waals surface area contributed by atoms with Crippen LogP contribution in [0.5, 0.6) is 0 Å². The minimum atomic E-state index is -1.60. The molecule has 0 radical (unpaired) electrons. The Hall–Kier alpha value is -2.82. The smallest absolute Gasteiger partial charge is 0.255 e. The predicted molar refractivity (Wildman–Crippen MR) is 128 cm³/mol. The maximum absolute atomic E-state index is 14.1. The van der Waals surface area contributed by atoms with Gasteiger partial charge in [0, 0.05) is 30.6 Å². The highest BCUT2D eigenvalue weighted by Gasteiger charge is 2.27. The van der Waals surface area contributed by atoms with E-state index in [0.29, 0.717) is 23.7 Å². The summed E-state index contributed by atoms with van der Waals surface area (Å²) >= 11 is 1.56. The van der Waals surface area contributed by atoms with Crippen LogP contribution in [-0.2, 0) is 4.74 Å². The fraction of sp³-hybridized carbons (Fsp3) is 0.435. The normalized spacial score (nSPS) is 17.5. The van der Waals surface area contributed by atoms with Crippen LogP contribution in [0.25, 0.3) is 10.2 Å². The molecule has 2 atom stereocenters. The molecular formula is C23H28FN5O3S. The first-order valence-corrected chi connectivity index (χ1v) is 11.8. The van der Waals surface area contributed by atoms with Gasteiger partial charge < -0.3 is 25.8 Å². The summed E-state index contributed by atoms with van der Waals surface area (Å²) in [5, 5.41) is 19.0. The molecule has 3 aromatic rings. The molecule has 1 fully saturated rings. The van der Waals surface area contributed by atoms with Crippen molar-refractivity contribution >= 4 is 44.7 Å². The number of nitrogens with zero attached hydrogens (tertiary/aromatic N) is 2. The number of ether oxygens (including phenoxy) is 1. The van der Waals surface area contributed by atoms with Gasteiger partial charge in [0.05, 0.1) is 45.7 Å². The topological polar surface area (TPSA) is 108 Å². The first kappa shape index (κ1) is 23.3. The molecule has 1 aliphatic rings. The summed E-state index contributed by atoms with van der Waals surface area (Å²) < 4.78 is 20.7. The second-order valence-corrected chi connectivity index (χ2v) is 9.55. The van der Waals surface area contributed by atoms with E-state index in [1.807, 2.05) is 18.2 Å². The summed E-state index contributed by atoms with van der Waals surface area (Å²) in [5.41, 5.74) is 2.93. The number of halogens is 1. The van der Waals surface area contributed by atoms with Crippen LogP contribution in [0.1, 0.15) is 37.0 Å². The summed E-state index contributed by atoms with van der Waals surface area (Å²) in [6.07, 6.45) is 1.71. The van der Waals surface area contributed by atoms with Gasteiger partial charge in [-0.05, 0) is 44.9 Å². The molecule has 10 heteroatoms. The van der Waals surface area contributed by atoms with Crippen molar-refractivity contribution in [3.63, 3.8) is 0 Å². The summed E-state index contributed by atoms with van der Waals surface area (Å²) in [6, 6.07) is 7.67. The van der Waals surface area contributed by atoms with Crippen molar-refractivity contribution < 1.29 is 19.0 Å². The van der Waals surface area contributed by atoms with Crippen molar-refractivity contribution in [2.75, 3.05) is 30.4 Å². The molecular weight excluding hydrogens is 445 g/mol. The molecule has 4 N–H and O–H groups in total. The van der Waals surface area contributed by atoms with Crippen LogP contribution >= 0.6 is 11.3 Å². The second-order valence-electron chi connectivity index (χ2n) is 8.66. The third-order valence-corrected chi connectivity index (χ3v) is 6.27. The molecule has 3 heterocycles. The van der Waals surface area contributed by atoms with Crippen molar-refractivity contribution in [1.29, 1.82) is 0 Å². The second kappa shape index (κ2) is 9.98. The average Bonchev–Trinajstić information content (AvgIpc) is 3.25. The molecule has 0 aliphatic carbocycles. The van der Waals surface area contributed by atoms with Crippen molar-refractivity contribution in [1.82, 2.24) is 15.3 Å². The number of amides is 1. The largest absolute Gasteiger partial charge is 0.387 e. The van der Waals surface area contributed by atoms with E-state index in [9.17, 15) is 14.3 Å². The number of nitrogens with one attached hydrogen (secondary N) is 3. The minimum absolute atomic E-state index is 0.0550. The number of rotatable bonds is 8. The Bertz CT molecular complexity index is 1110. The van der Waals surface area contributed by atoms with Crippen molar-refractivity contribution in [2.45, 2.75) is 44.5 Å². The number of benzene rings is 1. The van der Waals surface area contributed by atoms with Gasteiger partial charge >= 0.3 is 0 Å². The number of hydrogen-bond donors (Lipinski definition) is 4. The molecule has 0 saturated carbocycles. The van der Waals surface area contributed by atoms with Crippen LogP contribution in [-0.4, -0.2) is 58.6 Å². The lowest BCUT2D eigenvalue weighted by atomic mass is 10.0. The molecule has 1 unspecified atom stereocenters. The number of carbonyl (C=O) groups excluding carboxylic acids is 1. The molecule has 176 valence electrons. The van der Waals surface area contributed by atoms with Crippen LogP contribution in [0, 0.1) is 0 Å². The van der Waals surface area contributed by atoms with Crippen molar-refractivity contribution in [2.24, 2.45) is 0 Å². The Kier molecular flexibility index (Phi) is 7.06. The van der Waals surface area contributed by atoms with Crippen molar-refractivity contribution in [3.05, 3.63) is 41.5 Å². The minimum Gasteiger partial charge on any atom is -0.387 e. The molecule has 2 aromatic heterocycles. The number of carbonyl (C=O) groups is 1. The summed E-state index contributed by atoms with van der Waals surface area (Å²) in [7, 11) is 0. The lowest BCUT2D eigenvalue weighted by Crippen LogP contribution is -2.42. The first-order valence-electron chi connectivity index (χ1n) is 10.9. The van der Waals surface area contributed by atoms with Crippen LogP contribution in [0.2, 0.25) is 0 Å². The molecule has 4 rings (SSSR count). The number of hydrogen-bond acceptors (Lipinski definition) is 8. The van der Waals surface area contributed by atoms with E-state index >= 15 is 0 Å². The van der Waals surface area contributed by atoms with Gasteiger partial charge in [-0.15, -0.1) is 11.3 Å². The Morgan fingerprint density at radius 3 is 2.97 bits per heavy atom. The van der Waals surface area contributed by atoms with Gasteiger partial charge in [-0.3, -0.25) is 4.79 Å². The van der Waals surface area contributed by atoms with Gasteiger partial charge in [0.15, 0.2) is 0 Å². The highest BCUT2D eigenvalue weighted by molar-refractivity contribution is 7.16. The Labute approximate surface area is 195 Å². The fourth-order valence-electron chi connectivity index (χ4n) is 3.51. The van der Waals surface area contributed by atoms with E-state index in [4.69, 9.17) is 4.74 Å². The number of alkyl halides is 1. The number of pyridine rings is 1. The number of aromatic nitrogens is 2. The third-order valence-electron chi connectivity index (χ3n) is 5.48. The standard InChI is InChI=1S/C23H28FN5O3S/c1-23(2,31)20(24)11-26-22(30)16-10-25-21(9-18(16)28-15-4-3-7-32-12-15)29-14-5-6-17-19(8-14)33-13-27-17/h5-6,8-10,13,15,20,31H,3-4,7,11-12H2,1-2H3,(H,26,30)(H2,25,28,29)/t15?,20-/m1/s1. The van der Waals surface area contributed by atoms with E-state index in [1.165, 1.54) is 20.0 Å². The predicted octanol–water partition coefficient (Wildman–Crippen LogP) is 3.86. The molecule has 1 saturated heterocycles. The van der Waals surface area contributed by atoms with Crippen LogP contribution in [0.3, 0.4) is 0 Å². The summed E-state index contributed by atoms with van der Waals surface area (Å²) in [6.45, 7) is 3.70. The van der Waals surface area contributed by atoms with E-state index in [2.05, 4.69) is 25.9 Å². The van der Waals surface area contributed by atoms with E-state index in [1.54, 1.807) is 22.9 Å². The molecule has 1 aromatic carbocycles. The number of fused-ring (bicyclic) bond motifs is 1. The summed E-state index contributed by atoms with van der Waals surface area (Å²) in [4.78, 5) is 21.5. The van der Waals surface area contributed by atoms with Gasteiger partial charge in [-0.25, -0.2) is 14.4 Å². The molecule has 33 heavy (non-hydrogen) atoms. The van der Waals surface area contributed by atoms with E-state index < -0.39 is 17.7 Å². The van der Waals surface area contributed by atoms with Crippen LogP contribution in [0.15, 0.2) is 36.0 Å². The number of anilines is 3. The maximum Gasteiger partial charge on any atom is 0.255 e. The van der Waals surface area contributed by atoms with Crippen molar-refractivity contribution in [3.8, 4) is 0 Å². The zero-order valence-corrected chi connectivity index (χ0v) is 19.4. The zero-order valence-electron chi connectivity index (χ0n) is 18.6. The lowest BCUT2D eigenvalue weighted by molar-refractivity contribution is -0.00177. The Morgan fingerprint density at radius 2 is 2.21 bits per heavy atom. The van der Waals surface area contributed by atoms with E-state index in [-0.39, 0.29) is 12.6 Å². The van der Waals surface area contributed by atoms with E-state index in [0.717, 1.165) is 35.4 Å². The zero-order chi connectivity index (χ0) is 23.4. The molecule has 1 aliphatic heterocycles. The third kappa shape index (κ3) is 5.95. The Morgan fingerprint density at radius 1 is 1.36 bits per heavy atom. The number of aliphatic hydroxyl groups is 1. The quantitative estimate of drug-likeness (QED) is 0.393.